The van der Waals surface area contributed by atoms with E-state index in [2.05, 4.69) is 16.8 Å². The topological polar surface area (TPSA) is 45.9 Å². The van der Waals surface area contributed by atoms with Crippen molar-refractivity contribution in [2.24, 2.45) is 0 Å². The molecule has 0 radical (unpaired) electrons. The van der Waals surface area contributed by atoms with Crippen molar-refractivity contribution in [1.29, 1.82) is 0 Å². The van der Waals surface area contributed by atoms with E-state index in [4.69, 9.17) is 9.15 Å². The van der Waals surface area contributed by atoms with Crippen LogP contribution >= 0.6 is 0 Å². The molecule has 0 saturated carbocycles. The van der Waals surface area contributed by atoms with Gasteiger partial charge in [0.05, 0.1) is 24.4 Å². The molecule has 1 aromatic carbocycles. The lowest BCUT2D eigenvalue weighted by molar-refractivity contribution is 0.360. The molecular weight excluding hydrogens is 268 g/mol. The first-order chi connectivity index (χ1) is 10.2. The van der Waals surface area contributed by atoms with Gasteiger partial charge in [0.2, 0.25) is 0 Å². The van der Waals surface area contributed by atoms with Crippen molar-refractivity contribution in [3.63, 3.8) is 0 Å². The maximum absolute atomic E-state index is 12.1. The Morgan fingerprint density at radius 2 is 2.05 bits per heavy atom. The van der Waals surface area contributed by atoms with Crippen LogP contribution in [0.25, 0.3) is 11.0 Å². The number of likely N-dealkylation sites (N-methyl/N-ethyl adjacent to an activating group) is 1. The number of hydrogen-bond acceptors (Lipinski definition) is 5. The Hall–Kier alpha value is -2.01. The van der Waals surface area contributed by atoms with Gasteiger partial charge in [-0.25, -0.2) is 0 Å². The maximum Gasteiger partial charge on any atom is 0.192 e. The molecular formula is C16H20N2O3. The van der Waals surface area contributed by atoms with Gasteiger partial charge in [0.1, 0.15) is 5.75 Å². The van der Waals surface area contributed by atoms with E-state index in [-0.39, 0.29) is 5.43 Å². The molecule has 1 saturated heterocycles. The van der Waals surface area contributed by atoms with Crippen molar-refractivity contribution in [2.75, 3.05) is 45.2 Å². The van der Waals surface area contributed by atoms with Crippen LogP contribution in [0.4, 0.5) is 5.69 Å². The van der Waals surface area contributed by atoms with Crippen molar-refractivity contribution in [3.05, 3.63) is 34.7 Å². The second-order valence-electron chi connectivity index (χ2n) is 5.45. The molecule has 1 aromatic heterocycles. The van der Waals surface area contributed by atoms with Crippen LogP contribution in [-0.4, -0.2) is 45.2 Å². The lowest BCUT2D eigenvalue weighted by Crippen LogP contribution is -2.29. The summed E-state index contributed by atoms with van der Waals surface area (Å²) in [5, 5.41) is 0.574. The molecule has 0 bridgehead atoms. The zero-order valence-corrected chi connectivity index (χ0v) is 12.5. The quantitative estimate of drug-likeness (QED) is 0.845. The fourth-order valence-electron chi connectivity index (χ4n) is 2.79. The highest BCUT2D eigenvalue weighted by atomic mass is 16.5. The predicted octanol–water partition coefficient (Wildman–Crippen LogP) is 1.94. The summed E-state index contributed by atoms with van der Waals surface area (Å²) >= 11 is 0. The highest BCUT2D eigenvalue weighted by Crippen LogP contribution is 2.31. The van der Waals surface area contributed by atoms with Gasteiger partial charge in [-0.05, 0) is 26.1 Å². The van der Waals surface area contributed by atoms with Gasteiger partial charge >= 0.3 is 0 Å². The third kappa shape index (κ3) is 2.74. The summed E-state index contributed by atoms with van der Waals surface area (Å²) < 4.78 is 11.0. The highest BCUT2D eigenvalue weighted by molar-refractivity contribution is 5.90. The fourth-order valence-corrected chi connectivity index (χ4v) is 2.79. The molecule has 112 valence electrons. The Kier molecular flexibility index (Phi) is 3.84. The summed E-state index contributed by atoms with van der Waals surface area (Å²) in [7, 11) is 3.75. The average Bonchev–Trinajstić information content (AvgIpc) is 2.71. The zero-order valence-electron chi connectivity index (χ0n) is 12.5. The number of nitrogens with zero attached hydrogens (tertiary/aromatic N) is 2. The van der Waals surface area contributed by atoms with Crippen molar-refractivity contribution in [2.45, 2.75) is 6.42 Å². The molecule has 5 heteroatoms. The molecule has 21 heavy (non-hydrogen) atoms. The van der Waals surface area contributed by atoms with Crippen LogP contribution in [0.2, 0.25) is 0 Å². The standard InChI is InChI=1S/C16H20N2O3/c1-17-5-3-6-18(8-7-17)14-11-12(20-2)10-13-15(19)4-9-21-16(13)14/h4,9-11H,3,5-8H2,1-2H3. The minimum absolute atomic E-state index is 0.0386. The minimum Gasteiger partial charge on any atom is -0.497 e. The third-order valence-electron chi connectivity index (χ3n) is 4.01. The number of rotatable bonds is 2. The molecule has 5 nitrogen and oxygen atoms in total. The van der Waals surface area contributed by atoms with Crippen LogP contribution in [0.15, 0.2) is 33.7 Å². The zero-order chi connectivity index (χ0) is 14.8. The summed E-state index contributed by atoms with van der Waals surface area (Å²) in [5.74, 6) is 0.689. The second kappa shape index (κ2) is 5.77. The van der Waals surface area contributed by atoms with E-state index in [0.717, 1.165) is 38.3 Å². The summed E-state index contributed by atoms with van der Waals surface area (Å²) in [5.41, 5.74) is 1.55. The Bertz CT molecular complexity index is 695. The molecule has 0 unspecified atom stereocenters. The molecule has 2 heterocycles. The van der Waals surface area contributed by atoms with E-state index >= 15 is 0 Å². The minimum atomic E-state index is -0.0386. The number of fused-ring (bicyclic) bond motifs is 1. The van der Waals surface area contributed by atoms with E-state index in [1.807, 2.05) is 6.07 Å². The van der Waals surface area contributed by atoms with E-state index < -0.39 is 0 Å². The van der Waals surface area contributed by atoms with Crippen LogP contribution in [0.5, 0.6) is 5.75 Å². The van der Waals surface area contributed by atoms with Crippen LogP contribution in [0, 0.1) is 0 Å². The number of benzene rings is 1. The van der Waals surface area contributed by atoms with Gasteiger partial charge in [-0.1, -0.05) is 0 Å². The Morgan fingerprint density at radius 1 is 1.19 bits per heavy atom. The van der Waals surface area contributed by atoms with E-state index in [9.17, 15) is 4.79 Å². The van der Waals surface area contributed by atoms with Crippen molar-refractivity contribution < 1.29 is 9.15 Å². The molecule has 1 fully saturated rings. The summed E-state index contributed by atoms with van der Waals surface area (Å²) in [4.78, 5) is 16.7. The van der Waals surface area contributed by atoms with Crippen molar-refractivity contribution in [1.82, 2.24) is 4.90 Å². The maximum atomic E-state index is 12.1. The smallest absolute Gasteiger partial charge is 0.192 e. The first-order valence-corrected chi connectivity index (χ1v) is 7.22. The molecule has 1 aliphatic rings. The highest BCUT2D eigenvalue weighted by Gasteiger charge is 2.18. The third-order valence-corrected chi connectivity index (χ3v) is 4.01. The molecule has 0 aliphatic carbocycles. The molecule has 3 rings (SSSR count). The monoisotopic (exact) mass is 288 g/mol. The van der Waals surface area contributed by atoms with Gasteiger partial charge in [-0.15, -0.1) is 0 Å². The summed E-state index contributed by atoms with van der Waals surface area (Å²) in [6.07, 6.45) is 2.55. The number of hydrogen-bond donors (Lipinski definition) is 0. The van der Waals surface area contributed by atoms with Crippen LogP contribution < -0.4 is 15.1 Å². The van der Waals surface area contributed by atoms with Crippen LogP contribution in [0.1, 0.15) is 6.42 Å². The first-order valence-electron chi connectivity index (χ1n) is 7.22. The number of methoxy groups -OCH3 is 1. The lowest BCUT2D eigenvalue weighted by atomic mass is 10.1. The number of ether oxygens (including phenoxy) is 1. The van der Waals surface area contributed by atoms with Crippen LogP contribution in [-0.2, 0) is 0 Å². The molecule has 0 N–H and O–H groups in total. The van der Waals surface area contributed by atoms with Gasteiger partial charge in [0, 0.05) is 31.8 Å². The Morgan fingerprint density at radius 3 is 2.86 bits per heavy atom. The van der Waals surface area contributed by atoms with Crippen molar-refractivity contribution >= 4 is 16.7 Å². The van der Waals surface area contributed by atoms with Crippen LogP contribution in [0.3, 0.4) is 0 Å². The largest absolute Gasteiger partial charge is 0.497 e. The lowest BCUT2D eigenvalue weighted by Gasteiger charge is -2.24. The van der Waals surface area contributed by atoms with Gasteiger partial charge in [0.25, 0.3) is 0 Å². The SMILES string of the molecule is COc1cc(N2CCCN(C)CC2)c2occc(=O)c2c1. The summed E-state index contributed by atoms with van der Waals surface area (Å²) in [6, 6.07) is 5.15. The van der Waals surface area contributed by atoms with E-state index in [1.54, 1.807) is 13.2 Å². The van der Waals surface area contributed by atoms with Crippen molar-refractivity contribution in [3.8, 4) is 5.75 Å². The first kappa shape index (κ1) is 13.9. The summed E-state index contributed by atoms with van der Waals surface area (Å²) in [6.45, 7) is 3.95. The Balaban J connectivity index is 2.12. The number of anilines is 1. The van der Waals surface area contributed by atoms with Gasteiger partial charge < -0.3 is 19.0 Å². The Labute approximate surface area is 123 Å². The van der Waals surface area contributed by atoms with Gasteiger partial charge in [-0.3, -0.25) is 4.79 Å². The molecule has 1 aliphatic heterocycles. The van der Waals surface area contributed by atoms with Gasteiger partial charge in [-0.2, -0.15) is 0 Å². The van der Waals surface area contributed by atoms with E-state index in [1.165, 1.54) is 12.3 Å². The molecule has 0 atom stereocenters. The van der Waals surface area contributed by atoms with Gasteiger partial charge in [0.15, 0.2) is 11.0 Å². The normalized spacial score (nSPS) is 17.0. The average molecular weight is 288 g/mol. The second-order valence-corrected chi connectivity index (χ2v) is 5.45. The molecule has 2 aromatic rings. The molecule has 0 amide bonds. The van der Waals surface area contributed by atoms with E-state index in [0.29, 0.717) is 16.7 Å². The predicted molar refractivity (Wildman–Crippen MR) is 83.4 cm³/mol. The fraction of sp³-hybridized carbons (Fsp3) is 0.438. The molecule has 0 spiro atoms.